The number of hydrogen-bond acceptors (Lipinski definition) is 2. The zero-order chi connectivity index (χ0) is 12.7. The van der Waals surface area contributed by atoms with Crippen molar-refractivity contribution in [3.05, 3.63) is 41.7 Å². The van der Waals surface area contributed by atoms with E-state index in [1.807, 2.05) is 10.8 Å². The smallest absolute Gasteiger partial charge is 0.207 e. The molecule has 1 fully saturated rings. The van der Waals surface area contributed by atoms with Crippen molar-refractivity contribution in [2.45, 2.75) is 25.8 Å². The number of aryl methyl sites for hydroxylation is 1. The van der Waals surface area contributed by atoms with Gasteiger partial charge in [-0.3, -0.25) is 0 Å². The maximum atomic E-state index is 13.9. The lowest BCUT2D eigenvalue weighted by atomic mass is 10.2. The summed E-state index contributed by atoms with van der Waals surface area (Å²) in [7, 11) is 0. The second-order valence-corrected chi connectivity index (χ2v) is 4.57. The Hall–Kier alpha value is -1.91. The van der Waals surface area contributed by atoms with Gasteiger partial charge in [0.1, 0.15) is 11.5 Å². The van der Waals surface area contributed by atoms with Crippen molar-refractivity contribution in [2.75, 3.05) is 5.32 Å². The van der Waals surface area contributed by atoms with E-state index in [-0.39, 0.29) is 5.69 Å². The average molecular weight is 249 g/mol. The van der Waals surface area contributed by atoms with E-state index < -0.39 is 11.6 Å². The quantitative estimate of drug-likeness (QED) is 0.901. The van der Waals surface area contributed by atoms with E-state index in [1.165, 1.54) is 12.1 Å². The molecule has 1 aliphatic rings. The Balaban J connectivity index is 1.96. The van der Waals surface area contributed by atoms with Gasteiger partial charge in [-0.2, -0.15) is 0 Å². The Kier molecular flexibility index (Phi) is 2.54. The molecule has 0 saturated heterocycles. The van der Waals surface area contributed by atoms with E-state index in [0.717, 1.165) is 12.8 Å². The molecule has 18 heavy (non-hydrogen) atoms. The number of rotatable bonds is 3. The first-order chi connectivity index (χ1) is 8.66. The van der Waals surface area contributed by atoms with Gasteiger partial charge in [0.2, 0.25) is 5.95 Å². The summed E-state index contributed by atoms with van der Waals surface area (Å²) in [4.78, 5) is 4.10. The molecule has 0 radical (unpaired) electrons. The zero-order valence-electron chi connectivity index (χ0n) is 9.95. The van der Waals surface area contributed by atoms with Crippen molar-refractivity contribution < 1.29 is 8.78 Å². The van der Waals surface area contributed by atoms with Gasteiger partial charge >= 0.3 is 0 Å². The Morgan fingerprint density at radius 3 is 2.83 bits per heavy atom. The highest BCUT2D eigenvalue weighted by molar-refractivity contribution is 5.57. The van der Waals surface area contributed by atoms with Crippen LogP contribution >= 0.6 is 0 Å². The molecule has 3 nitrogen and oxygen atoms in total. The number of imidazole rings is 1. The molecule has 1 N–H and O–H groups in total. The van der Waals surface area contributed by atoms with Crippen LogP contribution in [0.25, 0.3) is 0 Å². The highest BCUT2D eigenvalue weighted by atomic mass is 19.1. The third-order valence-corrected chi connectivity index (χ3v) is 3.13. The maximum absolute atomic E-state index is 13.9. The number of hydrogen-bond donors (Lipinski definition) is 1. The normalized spacial score (nSPS) is 14.8. The summed E-state index contributed by atoms with van der Waals surface area (Å²) in [5, 5.41) is 2.75. The van der Waals surface area contributed by atoms with E-state index in [2.05, 4.69) is 10.3 Å². The molecule has 0 atom stereocenters. The SMILES string of the molecule is Cc1ccc(F)c(Nc2nccn2C2CC2)c1F. The third-order valence-electron chi connectivity index (χ3n) is 3.13. The molecule has 1 aliphatic carbocycles. The van der Waals surface area contributed by atoms with Crippen LogP contribution in [-0.4, -0.2) is 9.55 Å². The summed E-state index contributed by atoms with van der Waals surface area (Å²) in [6.45, 7) is 1.60. The van der Waals surface area contributed by atoms with Crippen molar-refractivity contribution in [2.24, 2.45) is 0 Å². The number of aromatic nitrogens is 2. The Morgan fingerprint density at radius 1 is 1.33 bits per heavy atom. The minimum absolute atomic E-state index is 0.136. The van der Waals surface area contributed by atoms with Crippen molar-refractivity contribution in [3.8, 4) is 0 Å². The van der Waals surface area contributed by atoms with Crippen LogP contribution in [0, 0.1) is 18.6 Å². The summed E-state index contributed by atoms with van der Waals surface area (Å²) in [6, 6.07) is 3.08. The van der Waals surface area contributed by atoms with Crippen molar-refractivity contribution in [3.63, 3.8) is 0 Å². The minimum Gasteiger partial charge on any atom is -0.321 e. The fourth-order valence-electron chi connectivity index (χ4n) is 1.94. The predicted octanol–water partition coefficient (Wildman–Crippen LogP) is 3.55. The fraction of sp³-hybridized carbons (Fsp3) is 0.308. The predicted molar refractivity (Wildman–Crippen MR) is 64.9 cm³/mol. The van der Waals surface area contributed by atoms with E-state index in [1.54, 1.807) is 13.1 Å². The van der Waals surface area contributed by atoms with Gasteiger partial charge in [-0.15, -0.1) is 0 Å². The molecule has 2 aromatic rings. The lowest BCUT2D eigenvalue weighted by Crippen LogP contribution is -2.05. The van der Waals surface area contributed by atoms with Crippen molar-refractivity contribution in [1.82, 2.24) is 9.55 Å². The molecule has 0 amide bonds. The van der Waals surface area contributed by atoms with Gasteiger partial charge in [-0.25, -0.2) is 13.8 Å². The number of halogens is 2. The van der Waals surface area contributed by atoms with Crippen molar-refractivity contribution >= 4 is 11.6 Å². The summed E-state index contributed by atoms with van der Waals surface area (Å²) < 4.78 is 29.4. The van der Waals surface area contributed by atoms with Crippen LogP contribution in [0.5, 0.6) is 0 Å². The van der Waals surface area contributed by atoms with Crippen molar-refractivity contribution in [1.29, 1.82) is 0 Å². The second kappa shape index (κ2) is 4.08. The van der Waals surface area contributed by atoms with Gasteiger partial charge in [-0.05, 0) is 31.4 Å². The molecule has 1 aromatic carbocycles. The highest BCUT2D eigenvalue weighted by Crippen LogP contribution is 2.37. The zero-order valence-corrected chi connectivity index (χ0v) is 9.95. The third kappa shape index (κ3) is 1.85. The molecule has 94 valence electrons. The molecular formula is C13H13F2N3. The van der Waals surface area contributed by atoms with Crippen LogP contribution in [0.2, 0.25) is 0 Å². The van der Waals surface area contributed by atoms with Crippen LogP contribution in [0.4, 0.5) is 20.4 Å². The first kappa shape index (κ1) is 11.2. The van der Waals surface area contributed by atoms with E-state index in [4.69, 9.17) is 0 Å². The number of benzene rings is 1. The molecule has 1 heterocycles. The van der Waals surface area contributed by atoms with E-state index in [9.17, 15) is 8.78 Å². The topological polar surface area (TPSA) is 29.9 Å². The molecule has 1 aromatic heterocycles. The van der Waals surface area contributed by atoms with Gasteiger partial charge in [0.25, 0.3) is 0 Å². The molecule has 0 unspecified atom stereocenters. The molecule has 0 bridgehead atoms. The number of nitrogens with one attached hydrogen (secondary N) is 1. The maximum Gasteiger partial charge on any atom is 0.207 e. The van der Waals surface area contributed by atoms with Crippen LogP contribution in [0.1, 0.15) is 24.4 Å². The fourth-order valence-corrected chi connectivity index (χ4v) is 1.94. The summed E-state index contributed by atoms with van der Waals surface area (Å²) in [6.07, 6.45) is 5.63. The lowest BCUT2D eigenvalue weighted by Gasteiger charge is -2.11. The summed E-state index contributed by atoms with van der Waals surface area (Å²) >= 11 is 0. The van der Waals surface area contributed by atoms with Gasteiger partial charge in [-0.1, -0.05) is 6.07 Å². The standard InChI is InChI=1S/C13H13F2N3/c1-8-2-5-10(14)12(11(8)15)17-13-16-6-7-18(13)9-3-4-9/h2,5-7,9H,3-4H2,1H3,(H,16,17). The first-order valence-electron chi connectivity index (χ1n) is 5.91. The van der Waals surface area contributed by atoms with Crippen LogP contribution in [0.3, 0.4) is 0 Å². The molecule has 5 heteroatoms. The van der Waals surface area contributed by atoms with Gasteiger partial charge in [0.05, 0.1) is 0 Å². The Morgan fingerprint density at radius 2 is 2.11 bits per heavy atom. The highest BCUT2D eigenvalue weighted by Gasteiger charge is 2.26. The Labute approximate surface area is 103 Å². The summed E-state index contributed by atoms with van der Waals surface area (Å²) in [5.74, 6) is -0.690. The van der Waals surface area contributed by atoms with E-state index >= 15 is 0 Å². The molecule has 1 saturated carbocycles. The second-order valence-electron chi connectivity index (χ2n) is 4.57. The van der Waals surface area contributed by atoms with Crippen LogP contribution < -0.4 is 5.32 Å². The molecule has 0 aliphatic heterocycles. The number of nitrogens with zero attached hydrogens (tertiary/aromatic N) is 2. The van der Waals surface area contributed by atoms with Gasteiger partial charge in [0, 0.05) is 18.4 Å². The summed E-state index contributed by atoms with van der Waals surface area (Å²) in [5.41, 5.74) is 0.270. The lowest BCUT2D eigenvalue weighted by molar-refractivity contribution is 0.583. The Bertz CT molecular complexity index is 588. The average Bonchev–Trinajstić information content (AvgIpc) is 3.10. The minimum atomic E-state index is -0.608. The van der Waals surface area contributed by atoms with Crippen LogP contribution in [-0.2, 0) is 0 Å². The van der Waals surface area contributed by atoms with Gasteiger partial charge in [0.15, 0.2) is 5.82 Å². The monoisotopic (exact) mass is 249 g/mol. The van der Waals surface area contributed by atoms with E-state index in [0.29, 0.717) is 17.6 Å². The molecule has 3 rings (SSSR count). The molecule has 0 spiro atoms. The number of anilines is 2. The van der Waals surface area contributed by atoms with Gasteiger partial charge < -0.3 is 9.88 Å². The first-order valence-corrected chi connectivity index (χ1v) is 5.91. The largest absolute Gasteiger partial charge is 0.321 e. The molecular weight excluding hydrogens is 236 g/mol. The van der Waals surface area contributed by atoms with Crippen LogP contribution in [0.15, 0.2) is 24.5 Å².